The Kier molecular flexibility index (Phi) is 4.02. The second-order valence-electron chi connectivity index (χ2n) is 5.79. The molecule has 1 atom stereocenters. The highest BCUT2D eigenvalue weighted by molar-refractivity contribution is 7.10. The summed E-state index contributed by atoms with van der Waals surface area (Å²) in [5.41, 5.74) is 1.56. The van der Waals surface area contributed by atoms with E-state index in [4.69, 9.17) is 0 Å². The third-order valence-electron chi connectivity index (χ3n) is 4.23. The molecule has 3 heteroatoms. The maximum atomic E-state index is 3.68. The molecule has 0 amide bonds. The van der Waals surface area contributed by atoms with Crippen molar-refractivity contribution < 1.29 is 0 Å². The maximum Gasteiger partial charge on any atom is 0.0330 e. The van der Waals surface area contributed by atoms with Crippen molar-refractivity contribution in [2.24, 2.45) is 5.92 Å². The van der Waals surface area contributed by atoms with Gasteiger partial charge in [-0.2, -0.15) is 0 Å². The van der Waals surface area contributed by atoms with E-state index in [1.54, 1.807) is 10.4 Å². The van der Waals surface area contributed by atoms with Crippen molar-refractivity contribution in [2.75, 3.05) is 19.6 Å². The van der Waals surface area contributed by atoms with Gasteiger partial charge in [-0.3, -0.25) is 4.90 Å². The third-order valence-corrected chi connectivity index (χ3v) is 5.18. The van der Waals surface area contributed by atoms with Crippen LogP contribution >= 0.6 is 11.3 Å². The summed E-state index contributed by atoms with van der Waals surface area (Å²) < 4.78 is 0. The van der Waals surface area contributed by atoms with Crippen molar-refractivity contribution in [2.45, 2.75) is 45.2 Å². The summed E-state index contributed by atoms with van der Waals surface area (Å²) >= 11 is 1.93. The Labute approximate surface area is 114 Å². The molecule has 1 N–H and O–H groups in total. The molecule has 2 fully saturated rings. The minimum absolute atomic E-state index is 0.864. The van der Waals surface area contributed by atoms with Crippen LogP contribution in [-0.4, -0.2) is 30.6 Å². The number of likely N-dealkylation sites (tertiary alicyclic amines) is 1. The number of hydrogen-bond acceptors (Lipinski definition) is 3. The fourth-order valence-electron chi connectivity index (χ4n) is 2.87. The molecule has 0 bridgehead atoms. The number of thiophene rings is 1. The van der Waals surface area contributed by atoms with E-state index in [1.165, 1.54) is 51.9 Å². The topological polar surface area (TPSA) is 15.3 Å². The van der Waals surface area contributed by atoms with Crippen molar-refractivity contribution in [3.63, 3.8) is 0 Å². The molecule has 1 aliphatic carbocycles. The van der Waals surface area contributed by atoms with Gasteiger partial charge in [0.05, 0.1) is 0 Å². The molecule has 1 saturated carbocycles. The van der Waals surface area contributed by atoms with Crippen LogP contribution < -0.4 is 5.32 Å². The van der Waals surface area contributed by atoms with E-state index in [9.17, 15) is 0 Å². The van der Waals surface area contributed by atoms with Crippen molar-refractivity contribution in [1.82, 2.24) is 10.2 Å². The van der Waals surface area contributed by atoms with E-state index in [2.05, 4.69) is 28.6 Å². The monoisotopic (exact) mass is 264 g/mol. The molecule has 1 aromatic rings. The first-order chi connectivity index (χ1) is 8.85. The van der Waals surface area contributed by atoms with Gasteiger partial charge < -0.3 is 5.32 Å². The summed E-state index contributed by atoms with van der Waals surface area (Å²) in [5, 5.41) is 5.92. The summed E-state index contributed by atoms with van der Waals surface area (Å²) in [4.78, 5) is 4.23. The summed E-state index contributed by atoms with van der Waals surface area (Å²) in [7, 11) is 0. The second kappa shape index (κ2) is 5.72. The molecule has 2 nitrogen and oxygen atoms in total. The lowest BCUT2D eigenvalue weighted by Crippen LogP contribution is -2.27. The van der Waals surface area contributed by atoms with E-state index in [0.29, 0.717) is 0 Å². The Morgan fingerprint density at radius 3 is 3.06 bits per heavy atom. The Bertz CT molecular complexity index is 384. The molecule has 100 valence electrons. The van der Waals surface area contributed by atoms with Crippen LogP contribution in [-0.2, 0) is 13.0 Å². The Hall–Kier alpha value is -0.380. The fourth-order valence-corrected chi connectivity index (χ4v) is 3.89. The molecule has 1 aliphatic heterocycles. The number of aryl methyl sites for hydroxylation is 1. The van der Waals surface area contributed by atoms with E-state index < -0.39 is 0 Å². The summed E-state index contributed by atoms with van der Waals surface area (Å²) in [6, 6.07) is 3.16. The first-order valence-electron chi connectivity index (χ1n) is 7.36. The van der Waals surface area contributed by atoms with E-state index in [1.807, 2.05) is 11.3 Å². The molecule has 1 aromatic heterocycles. The second-order valence-corrected chi connectivity index (χ2v) is 6.80. The van der Waals surface area contributed by atoms with Crippen molar-refractivity contribution in [3.8, 4) is 0 Å². The highest BCUT2D eigenvalue weighted by Crippen LogP contribution is 2.25. The molecule has 2 heterocycles. The highest BCUT2D eigenvalue weighted by Gasteiger charge is 2.26. The van der Waals surface area contributed by atoms with Gasteiger partial charge in [0.2, 0.25) is 0 Å². The van der Waals surface area contributed by atoms with Crippen LogP contribution in [0.25, 0.3) is 0 Å². The summed E-state index contributed by atoms with van der Waals surface area (Å²) in [6.07, 6.45) is 5.38. The zero-order valence-electron chi connectivity index (χ0n) is 11.3. The molecule has 0 aromatic carbocycles. The predicted molar refractivity (Wildman–Crippen MR) is 78.1 cm³/mol. The van der Waals surface area contributed by atoms with Gasteiger partial charge in [0, 0.05) is 24.0 Å². The van der Waals surface area contributed by atoms with E-state index in [0.717, 1.165) is 12.0 Å². The lowest BCUT2D eigenvalue weighted by Gasteiger charge is -2.16. The van der Waals surface area contributed by atoms with Gasteiger partial charge in [-0.1, -0.05) is 6.92 Å². The van der Waals surface area contributed by atoms with Gasteiger partial charge in [-0.15, -0.1) is 11.3 Å². The molecular weight excluding hydrogens is 240 g/mol. The number of nitrogens with one attached hydrogen (secondary N) is 1. The van der Waals surface area contributed by atoms with Crippen molar-refractivity contribution in [3.05, 3.63) is 21.9 Å². The Balaban J connectivity index is 1.46. The van der Waals surface area contributed by atoms with Crippen LogP contribution in [0, 0.1) is 5.92 Å². The van der Waals surface area contributed by atoms with Gasteiger partial charge in [0.25, 0.3) is 0 Å². The minimum Gasteiger partial charge on any atom is -0.314 e. The smallest absolute Gasteiger partial charge is 0.0330 e. The Morgan fingerprint density at radius 2 is 2.28 bits per heavy atom. The Morgan fingerprint density at radius 1 is 1.39 bits per heavy atom. The zero-order chi connectivity index (χ0) is 12.4. The molecule has 2 aliphatic rings. The third kappa shape index (κ3) is 3.14. The minimum atomic E-state index is 0.864. The molecule has 3 rings (SSSR count). The van der Waals surface area contributed by atoms with Gasteiger partial charge in [0.15, 0.2) is 0 Å². The van der Waals surface area contributed by atoms with E-state index in [-0.39, 0.29) is 0 Å². The lowest BCUT2D eigenvalue weighted by atomic mass is 10.1. The van der Waals surface area contributed by atoms with Crippen LogP contribution in [0.3, 0.4) is 0 Å². The normalized spacial score (nSPS) is 24.8. The van der Waals surface area contributed by atoms with Gasteiger partial charge in [-0.05, 0) is 61.7 Å². The first kappa shape index (κ1) is 12.6. The number of hydrogen-bond donors (Lipinski definition) is 1. The molecular formula is C15H24N2S. The maximum absolute atomic E-state index is 3.68. The van der Waals surface area contributed by atoms with Gasteiger partial charge >= 0.3 is 0 Å². The summed E-state index contributed by atoms with van der Waals surface area (Å²) in [6.45, 7) is 7.27. The molecule has 0 radical (unpaired) electrons. The van der Waals surface area contributed by atoms with Crippen LogP contribution in [0.2, 0.25) is 0 Å². The van der Waals surface area contributed by atoms with Crippen LogP contribution in [0.5, 0.6) is 0 Å². The average Bonchev–Trinajstić information content (AvgIpc) is 2.93. The van der Waals surface area contributed by atoms with Crippen molar-refractivity contribution in [1.29, 1.82) is 0 Å². The largest absolute Gasteiger partial charge is 0.314 e. The van der Waals surface area contributed by atoms with Crippen LogP contribution in [0.4, 0.5) is 0 Å². The van der Waals surface area contributed by atoms with Crippen LogP contribution in [0.1, 0.15) is 36.6 Å². The van der Waals surface area contributed by atoms with Gasteiger partial charge in [-0.25, -0.2) is 0 Å². The molecule has 1 unspecified atom stereocenters. The lowest BCUT2D eigenvalue weighted by molar-refractivity contribution is 0.316. The average molecular weight is 264 g/mol. The first-order valence-corrected chi connectivity index (χ1v) is 8.24. The SMILES string of the molecule is CCc1ccsc1CN1CCC(CNC2CC2)C1. The molecule has 18 heavy (non-hydrogen) atoms. The molecule has 1 saturated heterocycles. The standard InChI is InChI=1S/C15H24N2S/c1-2-13-6-8-18-15(13)11-17-7-5-12(10-17)9-16-14-3-4-14/h6,8,12,14,16H,2-5,7,9-11H2,1H3. The zero-order valence-corrected chi connectivity index (χ0v) is 12.1. The highest BCUT2D eigenvalue weighted by atomic mass is 32.1. The van der Waals surface area contributed by atoms with E-state index >= 15 is 0 Å². The quantitative estimate of drug-likeness (QED) is 0.850. The predicted octanol–water partition coefficient (Wildman–Crippen LogP) is 2.88. The van der Waals surface area contributed by atoms with Crippen LogP contribution in [0.15, 0.2) is 11.4 Å². The summed E-state index contributed by atoms with van der Waals surface area (Å²) in [5.74, 6) is 0.885. The number of rotatable bonds is 6. The fraction of sp³-hybridized carbons (Fsp3) is 0.733. The molecule has 0 spiro atoms. The van der Waals surface area contributed by atoms with Gasteiger partial charge in [0.1, 0.15) is 0 Å². The van der Waals surface area contributed by atoms with Crippen molar-refractivity contribution >= 4 is 11.3 Å². The number of nitrogens with zero attached hydrogens (tertiary/aromatic N) is 1.